The normalized spacial score (nSPS) is 31.6. The van der Waals surface area contributed by atoms with Gasteiger partial charge in [-0.3, -0.25) is 9.59 Å². The fourth-order valence-corrected chi connectivity index (χ4v) is 4.37. The van der Waals surface area contributed by atoms with Crippen molar-refractivity contribution in [3.63, 3.8) is 0 Å². The van der Waals surface area contributed by atoms with Crippen LogP contribution in [0.3, 0.4) is 0 Å². The van der Waals surface area contributed by atoms with Gasteiger partial charge in [0.1, 0.15) is 0 Å². The Balaban J connectivity index is 1.44. The summed E-state index contributed by atoms with van der Waals surface area (Å²) in [5.74, 6) is -0.662. The molecule has 1 heterocycles. The molecule has 3 amide bonds. The maximum atomic E-state index is 12.3. The number of amides is 3. The molecule has 2 N–H and O–H groups in total. The number of aliphatic hydroxyl groups excluding tert-OH is 1. The summed E-state index contributed by atoms with van der Waals surface area (Å²) >= 11 is 0. The first kappa shape index (κ1) is 16.2. The molecule has 2 bridgehead atoms. The SMILES string of the molecule is O=C(NCCCCCCO)ON1C(=O)C2C3CCC(C3)C2C1=O. The van der Waals surface area contributed by atoms with Crippen LogP contribution in [0.2, 0.25) is 0 Å². The summed E-state index contributed by atoms with van der Waals surface area (Å²) in [7, 11) is 0. The van der Waals surface area contributed by atoms with E-state index in [1.54, 1.807) is 0 Å². The van der Waals surface area contributed by atoms with Crippen molar-refractivity contribution in [3.8, 4) is 0 Å². The van der Waals surface area contributed by atoms with Crippen molar-refractivity contribution < 1.29 is 24.3 Å². The van der Waals surface area contributed by atoms with Crippen molar-refractivity contribution in [2.45, 2.75) is 44.9 Å². The quantitative estimate of drug-likeness (QED) is 0.542. The Hall–Kier alpha value is -1.63. The lowest BCUT2D eigenvalue weighted by molar-refractivity contribution is -0.174. The van der Waals surface area contributed by atoms with Crippen molar-refractivity contribution in [1.82, 2.24) is 10.4 Å². The lowest BCUT2D eigenvalue weighted by Gasteiger charge is -2.18. The highest BCUT2D eigenvalue weighted by Crippen LogP contribution is 2.56. The molecule has 0 aromatic rings. The van der Waals surface area contributed by atoms with Gasteiger partial charge in [-0.15, -0.1) is 5.06 Å². The molecular weight excluding hydrogens is 300 g/mol. The Labute approximate surface area is 135 Å². The zero-order chi connectivity index (χ0) is 16.4. The number of rotatable bonds is 7. The number of unbranched alkanes of at least 4 members (excludes halogenated alkanes) is 3. The van der Waals surface area contributed by atoms with Crippen molar-refractivity contribution >= 4 is 17.9 Å². The van der Waals surface area contributed by atoms with E-state index in [0.29, 0.717) is 11.6 Å². The number of carbonyl (C=O) groups is 3. The van der Waals surface area contributed by atoms with Gasteiger partial charge in [-0.1, -0.05) is 12.8 Å². The number of fused-ring (bicyclic) bond motifs is 5. The summed E-state index contributed by atoms with van der Waals surface area (Å²) < 4.78 is 0. The molecule has 3 aliphatic rings. The minimum atomic E-state index is -0.749. The van der Waals surface area contributed by atoms with E-state index in [1.807, 2.05) is 0 Å². The molecule has 3 rings (SSSR count). The van der Waals surface area contributed by atoms with Crippen molar-refractivity contribution in [2.24, 2.45) is 23.7 Å². The highest BCUT2D eigenvalue weighted by atomic mass is 16.7. The average Bonchev–Trinajstić information content (AvgIpc) is 3.20. The number of nitrogens with zero attached hydrogens (tertiary/aromatic N) is 1. The zero-order valence-corrected chi connectivity index (χ0v) is 13.2. The minimum absolute atomic E-state index is 0.180. The van der Waals surface area contributed by atoms with Crippen LogP contribution in [0.5, 0.6) is 0 Å². The van der Waals surface area contributed by atoms with Crippen molar-refractivity contribution in [3.05, 3.63) is 0 Å². The van der Waals surface area contributed by atoms with Gasteiger partial charge in [0.15, 0.2) is 0 Å². The smallest absolute Gasteiger partial charge is 0.396 e. The van der Waals surface area contributed by atoms with Crippen LogP contribution in [0.15, 0.2) is 0 Å². The second-order valence-electron chi connectivity index (χ2n) is 6.80. The molecule has 23 heavy (non-hydrogen) atoms. The maximum Gasteiger partial charge on any atom is 0.432 e. The van der Waals surface area contributed by atoms with Gasteiger partial charge in [-0.05, 0) is 43.9 Å². The van der Waals surface area contributed by atoms with E-state index in [9.17, 15) is 14.4 Å². The molecular formula is C16H24N2O5. The maximum absolute atomic E-state index is 12.3. The van der Waals surface area contributed by atoms with Gasteiger partial charge in [-0.2, -0.15) is 0 Å². The number of imide groups is 1. The third kappa shape index (κ3) is 3.06. The first-order chi connectivity index (χ1) is 11.1. The Morgan fingerprint density at radius 2 is 1.70 bits per heavy atom. The van der Waals surface area contributed by atoms with E-state index in [-0.39, 0.29) is 42.1 Å². The Bertz CT molecular complexity index is 467. The van der Waals surface area contributed by atoms with E-state index in [1.165, 1.54) is 0 Å². The third-order valence-corrected chi connectivity index (χ3v) is 5.42. The number of aliphatic hydroxyl groups is 1. The second-order valence-corrected chi connectivity index (χ2v) is 6.80. The highest BCUT2D eigenvalue weighted by molar-refractivity contribution is 6.05. The zero-order valence-electron chi connectivity index (χ0n) is 13.2. The molecule has 2 aliphatic carbocycles. The lowest BCUT2D eigenvalue weighted by atomic mass is 9.81. The number of hydrogen-bond donors (Lipinski definition) is 2. The van der Waals surface area contributed by atoms with Gasteiger partial charge >= 0.3 is 6.09 Å². The minimum Gasteiger partial charge on any atom is -0.396 e. The fraction of sp³-hybridized carbons (Fsp3) is 0.812. The molecule has 2 saturated carbocycles. The molecule has 4 atom stereocenters. The predicted molar refractivity (Wildman–Crippen MR) is 79.7 cm³/mol. The summed E-state index contributed by atoms with van der Waals surface area (Å²) in [6, 6.07) is 0. The van der Waals surface area contributed by atoms with Gasteiger partial charge in [0, 0.05) is 13.2 Å². The Morgan fingerprint density at radius 3 is 2.30 bits per heavy atom. The molecule has 0 radical (unpaired) electrons. The van der Waals surface area contributed by atoms with Crippen LogP contribution >= 0.6 is 0 Å². The highest BCUT2D eigenvalue weighted by Gasteiger charge is 2.62. The van der Waals surface area contributed by atoms with Crippen LogP contribution in [0.4, 0.5) is 4.79 Å². The van der Waals surface area contributed by atoms with Crippen LogP contribution in [0, 0.1) is 23.7 Å². The van der Waals surface area contributed by atoms with Gasteiger partial charge in [0.25, 0.3) is 11.8 Å². The standard InChI is InChI=1S/C16H24N2O5/c19-8-4-2-1-3-7-17-16(22)23-18-14(20)12-10-5-6-11(9-10)13(12)15(18)21/h10-13,19H,1-9H2,(H,17,22). The largest absolute Gasteiger partial charge is 0.432 e. The number of hydrogen-bond acceptors (Lipinski definition) is 5. The summed E-state index contributed by atoms with van der Waals surface area (Å²) in [6.07, 6.45) is 5.54. The molecule has 7 heteroatoms. The lowest BCUT2D eigenvalue weighted by Crippen LogP contribution is -2.39. The molecule has 1 aliphatic heterocycles. The summed E-state index contributed by atoms with van der Waals surface area (Å²) in [5.41, 5.74) is 0. The van der Waals surface area contributed by atoms with E-state index < -0.39 is 6.09 Å². The van der Waals surface area contributed by atoms with Crippen LogP contribution in [0.1, 0.15) is 44.9 Å². The summed E-state index contributed by atoms with van der Waals surface area (Å²) in [5, 5.41) is 11.9. The van der Waals surface area contributed by atoms with Crippen LogP contribution in [-0.4, -0.2) is 41.2 Å². The fourth-order valence-electron chi connectivity index (χ4n) is 4.37. The van der Waals surface area contributed by atoms with Gasteiger partial charge < -0.3 is 15.3 Å². The first-order valence-electron chi connectivity index (χ1n) is 8.58. The van der Waals surface area contributed by atoms with E-state index >= 15 is 0 Å². The number of nitrogens with one attached hydrogen (secondary N) is 1. The van der Waals surface area contributed by atoms with Crippen LogP contribution < -0.4 is 5.32 Å². The number of carbonyl (C=O) groups excluding carboxylic acids is 3. The predicted octanol–water partition coefficient (Wildman–Crippen LogP) is 1.21. The molecule has 7 nitrogen and oxygen atoms in total. The van der Waals surface area contributed by atoms with Gasteiger partial charge in [-0.25, -0.2) is 4.79 Å². The van der Waals surface area contributed by atoms with Crippen LogP contribution in [-0.2, 0) is 14.4 Å². The van der Waals surface area contributed by atoms with Crippen molar-refractivity contribution in [2.75, 3.05) is 13.2 Å². The summed E-state index contributed by atoms with van der Waals surface area (Å²) in [4.78, 5) is 41.4. The van der Waals surface area contributed by atoms with Gasteiger partial charge in [0.05, 0.1) is 11.8 Å². The molecule has 1 saturated heterocycles. The average molecular weight is 324 g/mol. The summed E-state index contributed by atoms with van der Waals surface area (Å²) in [6.45, 7) is 0.609. The van der Waals surface area contributed by atoms with E-state index in [4.69, 9.17) is 9.94 Å². The molecule has 0 spiro atoms. The Kier molecular flexibility index (Phi) is 4.84. The van der Waals surface area contributed by atoms with Crippen molar-refractivity contribution in [1.29, 1.82) is 0 Å². The topological polar surface area (TPSA) is 95.9 Å². The van der Waals surface area contributed by atoms with E-state index in [2.05, 4.69) is 5.32 Å². The van der Waals surface area contributed by atoms with Crippen LogP contribution in [0.25, 0.3) is 0 Å². The first-order valence-corrected chi connectivity index (χ1v) is 8.58. The van der Waals surface area contributed by atoms with Gasteiger partial charge in [0.2, 0.25) is 0 Å². The van der Waals surface area contributed by atoms with E-state index in [0.717, 1.165) is 44.9 Å². The molecule has 0 aromatic carbocycles. The molecule has 3 fully saturated rings. The molecule has 0 aromatic heterocycles. The molecule has 4 unspecified atom stereocenters. The third-order valence-electron chi connectivity index (χ3n) is 5.42. The molecule has 128 valence electrons. The monoisotopic (exact) mass is 324 g/mol. The Morgan fingerprint density at radius 1 is 1.09 bits per heavy atom. The second kappa shape index (κ2) is 6.86. The number of hydroxylamine groups is 2.